The molecule has 0 amide bonds. The highest BCUT2D eigenvalue weighted by Crippen LogP contribution is 2.33. The van der Waals surface area contributed by atoms with Crippen LogP contribution >= 0.6 is 11.6 Å². The molecule has 0 bridgehead atoms. The minimum Gasteiger partial charge on any atom is -0.320 e. The Kier molecular flexibility index (Phi) is 3.71. The largest absolute Gasteiger partial charge is 0.320 e. The third-order valence-corrected chi connectivity index (χ3v) is 4.42. The van der Waals surface area contributed by atoms with Crippen LogP contribution in [0.1, 0.15) is 28.3 Å². The molecule has 0 aliphatic heterocycles. The molecule has 3 aromatic rings. The van der Waals surface area contributed by atoms with E-state index in [-0.39, 0.29) is 6.04 Å². The van der Waals surface area contributed by atoms with Gasteiger partial charge in [0.05, 0.1) is 6.04 Å². The van der Waals surface area contributed by atoms with Crippen LogP contribution in [-0.2, 0) is 0 Å². The van der Waals surface area contributed by atoms with Crippen molar-refractivity contribution in [1.29, 1.82) is 0 Å². The first-order valence-corrected chi connectivity index (χ1v) is 7.46. The number of hydrogen-bond acceptors (Lipinski definition) is 1. The van der Waals surface area contributed by atoms with Gasteiger partial charge in [-0.15, -0.1) is 0 Å². The van der Waals surface area contributed by atoms with Gasteiger partial charge in [0.2, 0.25) is 0 Å². The van der Waals surface area contributed by atoms with Gasteiger partial charge in [0.15, 0.2) is 0 Å². The number of aryl methyl sites for hydroxylation is 2. The SMILES string of the molecule is Cc1cccc(C)c1C(N)c1ccc(Cl)c2ccccc12. The van der Waals surface area contributed by atoms with Gasteiger partial charge >= 0.3 is 0 Å². The first-order valence-electron chi connectivity index (χ1n) is 7.08. The lowest BCUT2D eigenvalue weighted by atomic mass is 9.89. The summed E-state index contributed by atoms with van der Waals surface area (Å²) in [7, 11) is 0. The normalized spacial score (nSPS) is 12.6. The molecule has 0 spiro atoms. The van der Waals surface area contributed by atoms with Crippen molar-refractivity contribution in [1.82, 2.24) is 0 Å². The lowest BCUT2D eigenvalue weighted by molar-refractivity contribution is 0.860. The van der Waals surface area contributed by atoms with Crippen LogP contribution < -0.4 is 5.73 Å². The van der Waals surface area contributed by atoms with Crippen molar-refractivity contribution in [2.75, 3.05) is 0 Å². The van der Waals surface area contributed by atoms with E-state index < -0.39 is 0 Å². The zero-order chi connectivity index (χ0) is 15.0. The van der Waals surface area contributed by atoms with E-state index in [0.29, 0.717) is 0 Å². The van der Waals surface area contributed by atoms with Crippen LogP contribution in [-0.4, -0.2) is 0 Å². The number of halogens is 1. The summed E-state index contributed by atoms with van der Waals surface area (Å²) in [6, 6.07) is 18.3. The fraction of sp³-hybridized carbons (Fsp3) is 0.158. The van der Waals surface area contributed by atoms with Crippen LogP contribution in [0.3, 0.4) is 0 Å². The fourth-order valence-corrected chi connectivity index (χ4v) is 3.26. The molecule has 0 heterocycles. The minimum atomic E-state index is -0.145. The van der Waals surface area contributed by atoms with Crippen LogP contribution in [0.2, 0.25) is 5.02 Å². The van der Waals surface area contributed by atoms with E-state index in [1.54, 1.807) is 0 Å². The molecular formula is C19H18ClN. The molecule has 0 saturated heterocycles. The predicted molar refractivity (Wildman–Crippen MR) is 90.9 cm³/mol. The first kappa shape index (κ1) is 14.1. The third kappa shape index (κ3) is 2.44. The van der Waals surface area contributed by atoms with Crippen molar-refractivity contribution in [2.45, 2.75) is 19.9 Å². The highest BCUT2D eigenvalue weighted by atomic mass is 35.5. The monoisotopic (exact) mass is 295 g/mol. The molecule has 0 radical (unpaired) electrons. The number of nitrogens with two attached hydrogens (primary N) is 1. The molecule has 3 aromatic carbocycles. The van der Waals surface area contributed by atoms with Crippen molar-refractivity contribution in [3.8, 4) is 0 Å². The zero-order valence-electron chi connectivity index (χ0n) is 12.2. The van der Waals surface area contributed by atoms with Gasteiger partial charge in [-0.05, 0) is 47.6 Å². The summed E-state index contributed by atoms with van der Waals surface area (Å²) in [5, 5.41) is 2.95. The maximum Gasteiger partial charge on any atom is 0.0563 e. The zero-order valence-corrected chi connectivity index (χ0v) is 13.0. The molecule has 21 heavy (non-hydrogen) atoms. The van der Waals surface area contributed by atoms with Crippen molar-refractivity contribution < 1.29 is 0 Å². The van der Waals surface area contributed by atoms with Crippen molar-refractivity contribution in [2.24, 2.45) is 5.73 Å². The van der Waals surface area contributed by atoms with Crippen molar-refractivity contribution in [3.63, 3.8) is 0 Å². The average molecular weight is 296 g/mol. The Labute approximate surface area is 130 Å². The molecule has 1 nitrogen and oxygen atoms in total. The summed E-state index contributed by atoms with van der Waals surface area (Å²) in [4.78, 5) is 0. The molecule has 3 rings (SSSR count). The van der Waals surface area contributed by atoms with E-state index in [9.17, 15) is 0 Å². The second kappa shape index (κ2) is 5.51. The second-order valence-corrected chi connectivity index (χ2v) is 5.87. The molecule has 106 valence electrons. The summed E-state index contributed by atoms with van der Waals surface area (Å²) >= 11 is 6.30. The highest BCUT2D eigenvalue weighted by Gasteiger charge is 2.16. The average Bonchev–Trinajstić information content (AvgIpc) is 2.47. The predicted octanol–water partition coefficient (Wildman–Crippen LogP) is 5.16. The smallest absolute Gasteiger partial charge is 0.0563 e. The summed E-state index contributed by atoms with van der Waals surface area (Å²) in [6.07, 6.45) is 0. The molecule has 2 heteroatoms. The van der Waals surface area contributed by atoms with E-state index >= 15 is 0 Å². The van der Waals surface area contributed by atoms with Crippen molar-refractivity contribution in [3.05, 3.63) is 81.9 Å². The summed E-state index contributed by atoms with van der Waals surface area (Å²) in [6.45, 7) is 4.22. The molecule has 2 N–H and O–H groups in total. The van der Waals surface area contributed by atoms with E-state index in [1.165, 1.54) is 16.7 Å². The summed E-state index contributed by atoms with van der Waals surface area (Å²) < 4.78 is 0. The Morgan fingerprint density at radius 2 is 1.43 bits per heavy atom. The Morgan fingerprint density at radius 3 is 2.10 bits per heavy atom. The Hall–Kier alpha value is -1.83. The molecular weight excluding hydrogens is 278 g/mol. The quantitative estimate of drug-likeness (QED) is 0.694. The number of rotatable bonds is 2. The van der Waals surface area contributed by atoms with Gasteiger partial charge in [0.1, 0.15) is 0 Å². The number of fused-ring (bicyclic) bond motifs is 1. The molecule has 0 saturated carbocycles. The number of benzene rings is 3. The molecule has 0 aromatic heterocycles. The number of hydrogen-bond donors (Lipinski definition) is 1. The standard InChI is InChI=1S/C19H18ClN/c1-12-6-5-7-13(2)18(12)19(21)16-10-11-17(20)15-9-4-3-8-14(15)16/h3-11,19H,21H2,1-2H3. The van der Waals surface area contributed by atoms with Gasteiger partial charge in [0, 0.05) is 10.4 Å². The molecule has 1 atom stereocenters. The van der Waals surface area contributed by atoms with Gasteiger partial charge in [0.25, 0.3) is 0 Å². The summed E-state index contributed by atoms with van der Waals surface area (Å²) in [5.41, 5.74) is 11.4. The van der Waals surface area contributed by atoms with E-state index in [1.807, 2.05) is 30.3 Å². The van der Waals surface area contributed by atoms with Gasteiger partial charge in [-0.25, -0.2) is 0 Å². The fourth-order valence-electron chi connectivity index (χ4n) is 3.03. The van der Waals surface area contributed by atoms with E-state index in [4.69, 9.17) is 17.3 Å². The minimum absolute atomic E-state index is 0.145. The van der Waals surface area contributed by atoms with Crippen LogP contribution in [0.5, 0.6) is 0 Å². The first-order chi connectivity index (χ1) is 10.1. The molecule has 0 fully saturated rings. The molecule has 0 aliphatic rings. The van der Waals surface area contributed by atoms with E-state index in [0.717, 1.165) is 21.4 Å². The third-order valence-electron chi connectivity index (χ3n) is 4.09. The Morgan fingerprint density at radius 1 is 0.810 bits per heavy atom. The van der Waals surface area contributed by atoms with E-state index in [2.05, 4.69) is 38.1 Å². The van der Waals surface area contributed by atoms with Crippen LogP contribution in [0.25, 0.3) is 10.8 Å². The Bertz CT molecular complexity index is 788. The van der Waals surface area contributed by atoms with Gasteiger partial charge in [-0.2, -0.15) is 0 Å². The maximum atomic E-state index is 6.59. The second-order valence-electron chi connectivity index (χ2n) is 5.47. The summed E-state index contributed by atoms with van der Waals surface area (Å²) in [5.74, 6) is 0. The molecule has 0 aliphatic carbocycles. The van der Waals surface area contributed by atoms with Crippen LogP contribution in [0.4, 0.5) is 0 Å². The van der Waals surface area contributed by atoms with Crippen molar-refractivity contribution >= 4 is 22.4 Å². The molecule has 1 unspecified atom stereocenters. The maximum absolute atomic E-state index is 6.59. The van der Waals surface area contributed by atoms with Crippen LogP contribution in [0, 0.1) is 13.8 Å². The van der Waals surface area contributed by atoms with Gasteiger partial charge in [-0.3, -0.25) is 0 Å². The lowest BCUT2D eigenvalue weighted by Gasteiger charge is -2.20. The van der Waals surface area contributed by atoms with Crippen LogP contribution in [0.15, 0.2) is 54.6 Å². The highest BCUT2D eigenvalue weighted by molar-refractivity contribution is 6.35. The Balaban J connectivity index is 2.23. The van der Waals surface area contributed by atoms with Gasteiger partial charge < -0.3 is 5.73 Å². The lowest BCUT2D eigenvalue weighted by Crippen LogP contribution is -2.15. The topological polar surface area (TPSA) is 26.0 Å². The van der Waals surface area contributed by atoms with Gasteiger partial charge in [-0.1, -0.05) is 60.1 Å².